The van der Waals surface area contributed by atoms with Crippen LogP contribution in [-0.4, -0.2) is 18.7 Å². The minimum atomic E-state index is -0.179. The molecular formula is C18H14Cl2N2O2. The van der Waals surface area contributed by atoms with Gasteiger partial charge < -0.3 is 4.74 Å². The first kappa shape index (κ1) is 16.6. The number of hydrazone groups is 1. The number of nitrogens with zero attached hydrogens (tertiary/aromatic N) is 1. The number of hydrogen-bond donors (Lipinski definition) is 1. The van der Waals surface area contributed by atoms with Crippen LogP contribution < -0.4 is 10.2 Å². The Labute approximate surface area is 149 Å². The highest BCUT2D eigenvalue weighted by Gasteiger charge is 2.15. The summed E-state index contributed by atoms with van der Waals surface area (Å²) in [5.41, 5.74) is 5.04. The smallest absolute Gasteiger partial charge is 0.244 e. The molecule has 122 valence electrons. The fraction of sp³-hybridized carbons (Fsp3) is 0.111. The number of halogens is 2. The van der Waals surface area contributed by atoms with Crippen molar-refractivity contribution in [1.82, 2.24) is 5.43 Å². The topological polar surface area (TPSA) is 50.7 Å². The Hall–Kier alpha value is -2.30. The van der Waals surface area contributed by atoms with Gasteiger partial charge in [-0.1, -0.05) is 53.5 Å². The zero-order valence-electron chi connectivity index (χ0n) is 12.6. The van der Waals surface area contributed by atoms with Crippen LogP contribution in [0.15, 0.2) is 53.1 Å². The lowest BCUT2D eigenvalue weighted by molar-refractivity contribution is -0.120. The molecule has 0 spiro atoms. The number of nitrogens with one attached hydrogen (secondary N) is 1. The Kier molecular flexibility index (Phi) is 5.18. The molecule has 0 fully saturated rings. The van der Waals surface area contributed by atoms with E-state index >= 15 is 0 Å². The molecule has 0 radical (unpaired) electrons. The molecular weight excluding hydrogens is 347 g/mol. The van der Waals surface area contributed by atoms with Crippen LogP contribution in [0.25, 0.3) is 6.08 Å². The summed E-state index contributed by atoms with van der Waals surface area (Å²) in [6.45, 7) is 0.326. The van der Waals surface area contributed by atoms with Crippen LogP contribution in [0.1, 0.15) is 11.1 Å². The van der Waals surface area contributed by atoms with E-state index in [0.717, 1.165) is 16.7 Å². The average Bonchev–Trinajstić information content (AvgIpc) is 2.55. The largest absolute Gasteiger partial charge is 0.487 e. The molecule has 0 atom stereocenters. The third kappa shape index (κ3) is 4.16. The van der Waals surface area contributed by atoms with Crippen molar-refractivity contribution in [1.29, 1.82) is 0 Å². The second kappa shape index (κ2) is 7.51. The van der Waals surface area contributed by atoms with E-state index in [0.29, 0.717) is 22.4 Å². The third-order valence-electron chi connectivity index (χ3n) is 3.39. The maximum Gasteiger partial charge on any atom is 0.244 e. The lowest BCUT2D eigenvalue weighted by Gasteiger charge is -2.17. The Morgan fingerprint density at radius 3 is 2.83 bits per heavy atom. The molecule has 1 aliphatic rings. The van der Waals surface area contributed by atoms with Gasteiger partial charge in [-0.2, -0.15) is 5.10 Å². The van der Waals surface area contributed by atoms with Gasteiger partial charge in [0.1, 0.15) is 12.4 Å². The summed E-state index contributed by atoms with van der Waals surface area (Å²) in [4.78, 5) is 11.8. The van der Waals surface area contributed by atoms with Crippen LogP contribution in [-0.2, 0) is 11.2 Å². The molecule has 3 rings (SSSR count). The second-order valence-corrected chi connectivity index (χ2v) is 6.11. The van der Waals surface area contributed by atoms with Gasteiger partial charge in [0.05, 0.1) is 17.7 Å². The molecule has 0 bridgehead atoms. The maximum absolute atomic E-state index is 11.8. The van der Waals surface area contributed by atoms with E-state index < -0.39 is 0 Å². The van der Waals surface area contributed by atoms with Crippen molar-refractivity contribution in [3.05, 3.63) is 69.2 Å². The normalized spacial score (nSPS) is 13.2. The number of amides is 1. The number of carbonyl (C=O) groups is 1. The summed E-state index contributed by atoms with van der Waals surface area (Å²) in [6, 6.07) is 12.9. The Morgan fingerprint density at radius 1 is 1.25 bits per heavy atom. The SMILES string of the molecule is O=C(Cc1ccccc1)N/N=C/C1=Cc2cc(Cl)cc(Cl)c2OC1. The van der Waals surface area contributed by atoms with Gasteiger partial charge in [-0.25, -0.2) is 5.43 Å². The van der Waals surface area contributed by atoms with Gasteiger partial charge in [-0.05, 0) is 23.8 Å². The van der Waals surface area contributed by atoms with Gasteiger partial charge in [-0.15, -0.1) is 0 Å². The predicted molar refractivity (Wildman–Crippen MR) is 96.7 cm³/mol. The van der Waals surface area contributed by atoms with Crippen LogP contribution >= 0.6 is 23.2 Å². The summed E-state index contributed by atoms with van der Waals surface area (Å²) in [5, 5.41) is 4.98. The number of ether oxygens (including phenoxy) is 1. The van der Waals surface area contributed by atoms with Crippen molar-refractivity contribution in [2.75, 3.05) is 6.61 Å². The predicted octanol–water partition coefficient (Wildman–Crippen LogP) is 4.11. The van der Waals surface area contributed by atoms with E-state index in [1.54, 1.807) is 18.3 Å². The van der Waals surface area contributed by atoms with Crippen LogP contribution in [0, 0.1) is 0 Å². The number of carbonyl (C=O) groups excluding carboxylic acids is 1. The van der Waals surface area contributed by atoms with Crippen molar-refractivity contribution in [3.8, 4) is 5.75 Å². The summed E-state index contributed by atoms with van der Waals surface area (Å²) in [6.07, 6.45) is 3.71. The molecule has 0 unspecified atom stereocenters. The molecule has 0 aromatic heterocycles. The molecule has 2 aromatic carbocycles. The second-order valence-electron chi connectivity index (χ2n) is 5.27. The Bertz CT molecular complexity index is 817. The van der Waals surface area contributed by atoms with E-state index in [4.69, 9.17) is 27.9 Å². The highest BCUT2D eigenvalue weighted by Crippen LogP contribution is 2.36. The summed E-state index contributed by atoms with van der Waals surface area (Å²) in [5.74, 6) is 0.424. The number of benzene rings is 2. The first-order valence-corrected chi connectivity index (χ1v) is 8.05. The van der Waals surface area contributed by atoms with Gasteiger partial charge in [0, 0.05) is 16.2 Å². The lowest BCUT2D eigenvalue weighted by Crippen LogP contribution is -2.20. The van der Waals surface area contributed by atoms with E-state index in [1.165, 1.54) is 0 Å². The van der Waals surface area contributed by atoms with Crippen LogP contribution in [0.2, 0.25) is 10.0 Å². The quantitative estimate of drug-likeness (QED) is 0.658. The van der Waals surface area contributed by atoms with Gasteiger partial charge >= 0.3 is 0 Å². The van der Waals surface area contributed by atoms with Crippen molar-refractivity contribution in [3.63, 3.8) is 0 Å². The standard InChI is InChI=1S/C18H14Cl2N2O2/c19-15-8-14-6-13(11-24-18(14)16(20)9-15)10-21-22-17(23)7-12-4-2-1-3-5-12/h1-6,8-10H,7,11H2,(H,22,23)/b21-10+. The van der Waals surface area contributed by atoms with E-state index in [2.05, 4.69) is 10.5 Å². The van der Waals surface area contributed by atoms with E-state index in [9.17, 15) is 4.79 Å². The Balaban J connectivity index is 1.63. The van der Waals surface area contributed by atoms with Crippen molar-refractivity contribution in [2.45, 2.75) is 6.42 Å². The van der Waals surface area contributed by atoms with E-state index in [-0.39, 0.29) is 12.3 Å². The molecule has 1 aliphatic heterocycles. The fourth-order valence-corrected chi connectivity index (χ4v) is 2.88. The molecule has 6 heteroatoms. The van der Waals surface area contributed by atoms with Gasteiger partial charge in [0.15, 0.2) is 0 Å². The van der Waals surface area contributed by atoms with Gasteiger partial charge in [-0.3, -0.25) is 4.79 Å². The van der Waals surface area contributed by atoms with Gasteiger partial charge in [0.2, 0.25) is 5.91 Å². The zero-order valence-corrected chi connectivity index (χ0v) is 14.1. The number of rotatable bonds is 4. The Morgan fingerprint density at radius 2 is 2.04 bits per heavy atom. The zero-order chi connectivity index (χ0) is 16.9. The van der Waals surface area contributed by atoms with E-state index in [1.807, 2.05) is 36.4 Å². The third-order valence-corrected chi connectivity index (χ3v) is 3.89. The number of fused-ring (bicyclic) bond motifs is 1. The highest BCUT2D eigenvalue weighted by atomic mass is 35.5. The van der Waals surface area contributed by atoms with Crippen LogP contribution in [0.4, 0.5) is 0 Å². The molecule has 0 aliphatic carbocycles. The number of hydrogen-bond acceptors (Lipinski definition) is 3. The van der Waals surface area contributed by atoms with Gasteiger partial charge in [0.25, 0.3) is 0 Å². The molecule has 24 heavy (non-hydrogen) atoms. The first-order chi connectivity index (χ1) is 11.6. The monoisotopic (exact) mass is 360 g/mol. The molecule has 1 heterocycles. The molecule has 4 nitrogen and oxygen atoms in total. The highest BCUT2D eigenvalue weighted by molar-refractivity contribution is 6.36. The van der Waals surface area contributed by atoms with Crippen molar-refractivity contribution in [2.24, 2.45) is 5.10 Å². The molecule has 0 saturated carbocycles. The minimum absolute atomic E-state index is 0.179. The fourth-order valence-electron chi connectivity index (χ4n) is 2.32. The summed E-state index contributed by atoms with van der Waals surface area (Å²) in [7, 11) is 0. The maximum atomic E-state index is 11.8. The molecule has 2 aromatic rings. The summed E-state index contributed by atoms with van der Waals surface area (Å²) < 4.78 is 5.61. The van der Waals surface area contributed by atoms with Crippen molar-refractivity contribution < 1.29 is 9.53 Å². The van der Waals surface area contributed by atoms with Crippen LogP contribution in [0.3, 0.4) is 0 Å². The van der Waals surface area contributed by atoms with Crippen LogP contribution in [0.5, 0.6) is 5.75 Å². The molecule has 0 saturated heterocycles. The van der Waals surface area contributed by atoms with Crippen molar-refractivity contribution >= 4 is 41.4 Å². The molecule has 1 amide bonds. The summed E-state index contributed by atoms with van der Waals surface area (Å²) >= 11 is 12.1. The molecule has 1 N–H and O–H groups in total. The average molecular weight is 361 g/mol. The lowest BCUT2D eigenvalue weighted by atomic mass is 10.1. The minimum Gasteiger partial charge on any atom is -0.487 e. The first-order valence-electron chi connectivity index (χ1n) is 7.30.